The molecule has 17 nitrogen and oxygen atoms in total. The summed E-state index contributed by atoms with van der Waals surface area (Å²) in [6.07, 6.45) is 65.4. The highest BCUT2D eigenvalue weighted by Crippen LogP contribution is 2.45. The lowest BCUT2D eigenvalue weighted by Crippen LogP contribution is -2.30. The summed E-state index contributed by atoms with van der Waals surface area (Å²) in [5.74, 6) is -1.40. The van der Waals surface area contributed by atoms with E-state index < -0.39 is 97.5 Å². The molecule has 3 N–H and O–H groups in total. The first kappa shape index (κ1) is 98.1. The van der Waals surface area contributed by atoms with E-state index in [4.69, 9.17) is 37.0 Å². The number of phosphoric acid groups is 2. The van der Waals surface area contributed by atoms with Gasteiger partial charge < -0.3 is 33.8 Å². The fraction of sp³-hybridized carbons (Fsp3) is 0.951. The number of rotatable bonds is 81. The maximum absolute atomic E-state index is 13.1. The highest BCUT2D eigenvalue weighted by atomic mass is 31.2. The van der Waals surface area contributed by atoms with Gasteiger partial charge in [-0.1, -0.05) is 381 Å². The molecule has 0 amide bonds. The van der Waals surface area contributed by atoms with E-state index in [1.165, 1.54) is 250 Å². The standard InChI is InChI=1S/C81H158O17P2/c1-6-9-12-15-18-21-24-26-28-30-32-34-36-38-40-43-46-51-57-62-67-81(86)97-76(70-91-78(83)64-59-54-49-44-42-39-37-35-33-31-29-27-25-22-19-16-13-10-7-2)72-95-99(87,88)93-68-75(82)69-94-100(89,90)96-73-77(71-92-79(84)65-60-55-52-47-48-53-58-63-74(4)5)98-80(85)66-61-56-50-45-41-23-20-17-14-11-8-3/h74-77,82H,6-73H2,1-5H3,(H,87,88)(H,89,90)/t75-,76-,77-/m1/s1. The summed E-state index contributed by atoms with van der Waals surface area (Å²) < 4.78 is 68.7. The lowest BCUT2D eigenvalue weighted by atomic mass is 10.0. The van der Waals surface area contributed by atoms with Crippen molar-refractivity contribution in [2.45, 2.75) is 451 Å². The molecule has 594 valence electrons. The van der Waals surface area contributed by atoms with Gasteiger partial charge in [0.25, 0.3) is 0 Å². The van der Waals surface area contributed by atoms with Crippen LogP contribution < -0.4 is 0 Å². The SMILES string of the molecule is CCCCCCCCCCCCCCCCCCCCCCC(=O)O[C@H](COC(=O)CCCCCCCCCCCCCCCCCCCCC)COP(=O)(O)OC[C@@H](O)COP(=O)(O)OC[C@@H](COC(=O)CCCCCCCCCC(C)C)OC(=O)CCCCCCCCCCCCC. The number of esters is 4. The topological polar surface area (TPSA) is 237 Å². The number of hydrogen-bond acceptors (Lipinski definition) is 15. The Morgan fingerprint density at radius 2 is 0.460 bits per heavy atom. The summed E-state index contributed by atoms with van der Waals surface area (Å²) in [6, 6.07) is 0. The maximum Gasteiger partial charge on any atom is 0.472 e. The smallest absolute Gasteiger partial charge is 0.462 e. The molecule has 0 aliphatic carbocycles. The van der Waals surface area contributed by atoms with Gasteiger partial charge in [-0.15, -0.1) is 0 Å². The molecule has 2 unspecified atom stereocenters. The van der Waals surface area contributed by atoms with Crippen LogP contribution in [0.25, 0.3) is 0 Å². The average molecular weight is 1470 g/mol. The molecular weight excluding hydrogens is 1310 g/mol. The molecule has 0 rings (SSSR count). The van der Waals surface area contributed by atoms with E-state index in [9.17, 15) is 43.2 Å². The van der Waals surface area contributed by atoms with Crippen molar-refractivity contribution in [3.8, 4) is 0 Å². The molecule has 0 aliphatic rings. The van der Waals surface area contributed by atoms with Crippen LogP contribution in [0.15, 0.2) is 0 Å². The highest BCUT2D eigenvalue weighted by Gasteiger charge is 2.30. The van der Waals surface area contributed by atoms with Gasteiger partial charge in [-0.25, -0.2) is 9.13 Å². The Kier molecular flexibility index (Phi) is 72.5. The molecule has 0 aromatic carbocycles. The first-order chi connectivity index (χ1) is 48.5. The van der Waals surface area contributed by atoms with Crippen LogP contribution in [0.1, 0.15) is 433 Å². The van der Waals surface area contributed by atoms with Crippen molar-refractivity contribution in [2.24, 2.45) is 5.92 Å². The second kappa shape index (κ2) is 73.9. The van der Waals surface area contributed by atoms with E-state index in [1.807, 2.05) is 0 Å². The minimum absolute atomic E-state index is 0.107. The minimum Gasteiger partial charge on any atom is -0.462 e. The van der Waals surface area contributed by atoms with E-state index in [0.717, 1.165) is 96.3 Å². The van der Waals surface area contributed by atoms with Gasteiger partial charge in [-0.2, -0.15) is 0 Å². The minimum atomic E-state index is -4.96. The third kappa shape index (κ3) is 74.3. The Hall–Kier alpha value is -1.94. The van der Waals surface area contributed by atoms with Crippen LogP contribution in [-0.2, 0) is 65.4 Å². The van der Waals surface area contributed by atoms with Crippen LogP contribution in [0.3, 0.4) is 0 Å². The van der Waals surface area contributed by atoms with Gasteiger partial charge in [0.05, 0.1) is 26.4 Å². The van der Waals surface area contributed by atoms with Gasteiger partial charge in [0, 0.05) is 25.7 Å². The third-order valence-corrected chi connectivity index (χ3v) is 20.9. The number of phosphoric ester groups is 2. The van der Waals surface area contributed by atoms with E-state index in [-0.39, 0.29) is 25.7 Å². The third-order valence-electron chi connectivity index (χ3n) is 19.0. The van der Waals surface area contributed by atoms with Crippen LogP contribution in [0.2, 0.25) is 0 Å². The molecule has 0 aliphatic heterocycles. The molecule has 100 heavy (non-hydrogen) atoms. The summed E-state index contributed by atoms with van der Waals surface area (Å²) in [5, 5.41) is 10.6. The summed E-state index contributed by atoms with van der Waals surface area (Å²) >= 11 is 0. The summed E-state index contributed by atoms with van der Waals surface area (Å²) in [7, 11) is -9.92. The van der Waals surface area contributed by atoms with Crippen molar-refractivity contribution in [3.63, 3.8) is 0 Å². The van der Waals surface area contributed by atoms with Gasteiger partial charge in [0.15, 0.2) is 12.2 Å². The molecule has 0 saturated heterocycles. The van der Waals surface area contributed by atoms with Crippen LogP contribution in [0, 0.1) is 5.92 Å². The zero-order valence-electron chi connectivity index (χ0n) is 65.3. The first-order valence-corrected chi connectivity index (χ1v) is 45.1. The predicted octanol–water partition coefficient (Wildman–Crippen LogP) is 24.4. The Morgan fingerprint density at radius 3 is 0.680 bits per heavy atom. The largest absolute Gasteiger partial charge is 0.472 e. The number of unbranched alkanes of at least 4 members (excludes halogenated alkanes) is 53. The molecule has 0 bridgehead atoms. The molecule has 0 heterocycles. The van der Waals surface area contributed by atoms with Crippen LogP contribution in [0.5, 0.6) is 0 Å². The quantitative estimate of drug-likeness (QED) is 0.0222. The van der Waals surface area contributed by atoms with E-state index >= 15 is 0 Å². The summed E-state index contributed by atoms with van der Waals surface area (Å²) in [6.45, 7) is 7.26. The predicted molar refractivity (Wildman–Crippen MR) is 409 cm³/mol. The van der Waals surface area contributed by atoms with E-state index in [1.54, 1.807) is 0 Å². The number of carbonyl (C=O) groups is 4. The number of ether oxygens (including phenoxy) is 4. The Bertz CT molecular complexity index is 1910. The van der Waals surface area contributed by atoms with Crippen molar-refractivity contribution < 1.29 is 80.2 Å². The highest BCUT2D eigenvalue weighted by molar-refractivity contribution is 7.47. The lowest BCUT2D eigenvalue weighted by molar-refractivity contribution is -0.161. The second-order valence-electron chi connectivity index (χ2n) is 29.6. The zero-order valence-corrected chi connectivity index (χ0v) is 67.1. The molecule has 0 radical (unpaired) electrons. The molecular formula is C81H158O17P2. The normalized spacial score (nSPS) is 13.8. The number of carbonyl (C=O) groups excluding carboxylic acids is 4. The van der Waals surface area contributed by atoms with Gasteiger partial charge in [0.1, 0.15) is 19.3 Å². The molecule has 0 fully saturated rings. The van der Waals surface area contributed by atoms with Crippen molar-refractivity contribution in [3.05, 3.63) is 0 Å². The number of aliphatic hydroxyl groups is 1. The van der Waals surface area contributed by atoms with Gasteiger partial charge in [-0.05, 0) is 31.6 Å². The van der Waals surface area contributed by atoms with Crippen molar-refractivity contribution in [1.82, 2.24) is 0 Å². The van der Waals surface area contributed by atoms with Crippen LogP contribution in [-0.4, -0.2) is 96.7 Å². The fourth-order valence-electron chi connectivity index (χ4n) is 12.6. The summed E-state index contributed by atoms with van der Waals surface area (Å²) in [5.41, 5.74) is 0. The van der Waals surface area contributed by atoms with Crippen LogP contribution >= 0.6 is 15.6 Å². The molecule has 0 saturated carbocycles. The number of hydrogen-bond donors (Lipinski definition) is 3. The lowest BCUT2D eigenvalue weighted by Gasteiger charge is -2.21. The van der Waals surface area contributed by atoms with Gasteiger partial charge in [-0.3, -0.25) is 37.3 Å². The molecule has 0 aromatic rings. The van der Waals surface area contributed by atoms with E-state index in [2.05, 4.69) is 34.6 Å². The van der Waals surface area contributed by atoms with Gasteiger partial charge in [0.2, 0.25) is 0 Å². The molecule has 5 atom stereocenters. The monoisotopic (exact) mass is 1470 g/mol. The van der Waals surface area contributed by atoms with Gasteiger partial charge >= 0.3 is 39.5 Å². The zero-order chi connectivity index (χ0) is 73.4. The van der Waals surface area contributed by atoms with Crippen molar-refractivity contribution in [2.75, 3.05) is 39.6 Å². The molecule has 0 aromatic heterocycles. The first-order valence-electron chi connectivity index (χ1n) is 42.1. The second-order valence-corrected chi connectivity index (χ2v) is 32.5. The Balaban J connectivity index is 5.20. The molecule has 19 heteroatoms. The Labute approximate surface area is 613 Å². The van der Waals surface area contributed by atoms with Crippen molar-refractivity contribution >= 4 is 39.5 Å². The summed E-state index contributed by atoms with van der Waals surface area (Å²) in [4.78, 5) is 72.9. The average Bonchev–Trinajstić information content (AvgIpc) is 0.975. The number of aliphatic hydroxyl groups excluding tert-OH is 1. The van der Waals surface area contributed by atoms with Crippen molar-refractivity contribution in [1.29, 1.82) is 0 Å². The van der Waals surface area contributed by atoms with Crippen LogP contribution in [0.4, 0.5) is 0 Å². The van der Waals surface area contributed by atoms with E-state index in [0.29, 0.717) is 31.6 Å². The fourth-order valence-corrected chi connectivity index (χ4v) is 14.2. The Morgan fingerprint density at radius 1 is 0.270 bits per heavy atom. The molecule has 0 spiro atoms. The maximum atomic E-state index is 13.1.